The minimum Gasteiger partial charge on any atom is -0.397 e. The van der Waals surface area contributed by atoms with Crippen LogP contribution in [0, 0.1) is 0 Å². The number of aromatic nitrogens is 1. The summed E-state index contributed by atoms with van der Waals surface area (Å²) in [5.74, 6) is 0.477. The molecular formula is C16H18ClN3O. The second kappa shape index (κ2) is 6.59. The Bertz CT molecular complexity index is 601. The lowest BCUT2D eigenvalue weighted by molar-refractivity contribution is -0.120. The van der Waals surface area contributed by atoms with Crippen LogP contribution < -0.4 is 11.1 Å². The van der Waals surface area contributed by atoms with Gasteiger partial charge < -0.3 is 11.1 Å². The summed E-state index contributed by atoms with van der Waals surface area (Å²) in [7, 11) is 0. The van der Waals surface area contributed by atoms with Crippen molar-refractivity contribution < 1.29 is 4.79 Å². The summed E-state index contributed by atoms with van der Waals surface area (Å²) in [5.41, 5.74) is 8.22. The number of nitrogens with one attached hydrogen (secondary N) is 1. The van der Waals surface area contributed by atoms with Gasteiger partial charge >= 0.3 is 0 Å². The number of hydrogen-bond acceptors (Lipinski definition) is 3. The van der Waals surface area contributed by atoms with Crippen molar-refractivity contribution >= 4 is 24.0 Å². The lowest BCUT2D eigenvalue weighted by Gasteiger charge is -2.05. The average Bonchev–Trinajstić information content (AvgIpc) is 3.21. The first-order chi connectivity index (χ1) is 9.72. The van der Waals surface area contributed by atoms with Crippen LogP contribution >= 0.6 is 12.4 Å². The van der Waals surface area contributed by atoms with Crippen molar-refractivity contribution in [3.8, 4) is 0 Å². The number of hydrogen-bond donors (Lipinski definition) is 2. The zero-order valence-electron chi connectivity index (χ0n) is 11.5. The predicted octanol–water partition coefficient (Wildman–Crippen LogP) is 2.30. The van der Waals surface area contributed by atoms with Crippen LogP contribution in [0.5, 0.6) is 0 Å². The Labute approximate surface area is 130 Å². The average molecular weight is 304 g/mol. The van der Waals surface area contributed by atoms with E-state index in [2.05, 4.69) is 22.4 Å². The largest absolute Gasteiger partial charge is 0.397 e. The number of amides is 1. The molecule has 5 heteroatoms. The molecule has 3 N–H and O–H groups in total. The van der Waals surface area contributed by atoms with Crippen molar-refractivity contribution in [3.63, 3.8) is 0 Å². The third-order valence-corrected chi connectivity index (χ3v) is 3.55. The quantitative estimate of drug-likeness (QED) is 0.910. The molecule has 2 atom stereocenters. The van der Waals surface area contributed by atoms with Crippen molar-refractivity contribution in [1.82, 2.24) is 10.3 Å². The number of anilines is 1. The Morgan fingerprint density at radius 1 is 1.24 bits per heavy atom. The molecule has 0 saturated heterocycles. The fourth-order valence-electron chi connectivity index (χ4n) is 2.39. The van der Waals surface area contributed by atoms with Crippen LogP contribution in [-0.4, -0.2) is 16.9 Å². The molecule has 0 spiro atoms. The van der Waals surface area contributed by atoms with Crippen molar-refractivity contribution in [2.45, 2.75) is 24.8 Å². The zero-order valence-corrected chi connectivity index (χ0v) is 12.3. The first-order valence-electron chi connectivity index (χ1n) is 6.77. The molecule has 0 aliphatic heterocycles. The summed E-state index contributed by atoms with van der Waals surface area (Å²) in [6.45, 7) is 0. The van der Waals surface area contributed by atoms with Gasteiger partial charge in [0.2, 0.25) is 5.91 Å². The number of nitrogen functional groups attached to an aromatic ring is 1. The Morgan fingerprint density at radius 3 is 2.67 bits per heavy atom. The fraction of sp³-hybridized carbons (Fsp3) is 0.250. The molecule has 3 rings (SSSR count). The maximum absolute atomic E-state index is 11.9. The van der Waals surface area contributed by atoms with Crippen molar-refractivity contribution in [1.29, 1.82) is 0 Å². The maximum atomic E-state index is 11.9. The van der Waals surface area contributed by atoms with Gasteiger partial charge in [-0.05, 0) is 24.1 Å². The summed E-state index contributed by atoms with van der Waals surface area (Å²) in [6, 6.07) is 14.1. The normalized spacial score (nSPS) is 19.4. The fourth-order valence-corrected chi connectivity index (χ4v) is 2.39. The Balaban J connectivity index is 0.00000161. The molecule has 110 valence electrons. The van der Waals surface area contributed by atoms with E-state index >= 15 is 0 Å². The summed E-state index contributed by atoms with van der Waals surface area (Å²) < 4.78 is 0. The van der Waals surface area contributed by atoms with Crippen LogP contribution in [0.15, 0.2) is 48.7 Å². The molecule has 1 saturated carbocycles. The number of nitrogens with two attached hydrogens (primary N) is 1. The van der Waals surface area contributed by atoms with E-state index in [0.717, 1.165) is 12.1 Å². The Morgan fingerprint density at radius 2 is 2.00 bits per heavy atom. The SMILES string of the molecule is Cl.Nc1ccc(CC(=O)NC2CC2c2ccccc2)nc1. The van der Waals surface area contributed by atoms with Gasteiger partial charge in [-0.3, -0.25) is 9.78 Å². The number of halogens is 1. The summed E-state index contributed by atoms with van der Waals surface area (Å²) in [4.78, 5) is 16.1. The van der Waals surface area contributed by atoms with Gasteiger partial charge in [-0.25, -0.2) is 0 Å². The molecule has 4 nitrogen and oxygen atoms in total. The van der Waals surface area contributed by atoms with Gasteiger partial charge in [0.15, 0.2) is 0 Å². The molecule has 2 aromatic rings. The van der Waals surface area contributed by atoms with E-state index in [9.17, 15) is 4.79 Å². The lowest BCUT2D eigenvalue weighted by atomic mass is 10.1. The molecule has 2 unspecified atom stereocenters. The molecular weight excluding hydrogens is 286 g/mol. The van der Waals surface area contributed by atoms with E-state index < -0.39 is 0 Å². The van der Waals surface area contributed by atoms with Crippen LogP contribution in [-0.2, 0) is 11.2 Å². The summed E-state index contributed by atoms with van der Waals surface area (Å²) >= 11 is 0. The van der Waals surface area contributed by atoms with Crippen LogP contribution in [0.3, 0.4) is 0 Å². The van der Waals surface area contributed by atoms with Gasteiger partial charge in [0.05, 0.1) is 18.3 Å². The van der Waals surface area contributed by atoms with Crippen LogP contribution in [0.1, 0.15) is 23.6 Å². The molecule has 1 amide bonds. The molecule has 1 fully saturated rings. The van der Waals surface area contributed by atoms with Crippen LogP contribution in [0.25, 0.3) is 0 Å². The van der Waals surface area contributed by atoms with Gasteiger partial charge in [0.25, 0.3) is 0 Å². The molecule has 21 heavy (non-hydrogen) atoms. The van der Waals surface area contributed by atoms with E-state index in [1.807, 2.05) is 18.2 Å². The first kappa shape index (κ1) is 15.3. The summed E-state index contributed by atoms with van der Waals surface area (Å²) in [5, 5.41) is 3.06. The molecule has 1 aliphatic rings. The number of pyridine rings is 1. The minimum atomic E-state index is 0. The van der Waals surface area contributed by atoms with Crippen molar-refractivity contribution in [2.75, 3.05) is 5.73 Å². The summed E-state index contributed by atoms with van der Waals surface area (Å²) in [6.07, 6.45) is 2.90. The number of carbonyl (C=O) groups excluding carboxylic acids is 1. The molecule has 0 radical (unpaired) electrons. The monoisotopic (exact) mass is 303 g/mol. The number of carbonyl (C=O) groups is 1. The third kappa shape index (κ3) is 3.95. The highest BCUT2D eigenvalue weighted by Crippen LogP contribution is 2.40. The second-order valence-corrected chi connectivity index (χ2v) is 5.19. The number of nitrogens with zero attached hydrogens (tertiary/aromatic N) is 1. The molecule has 1 aromatic carbocycles. The van der Waals surface area contributed by atoms with Gasteiger partial charge in [-0.1, -0.05) is 30.3 Å². The van der Waals surface area contributed by atoms with Gasteiger partial charge in [-0.15, -0.1) is 12.4 Å². The zero-order chi connectivity index (χ0) is 13.9. The van der Waals surface area contributed by atoms with E-state index in [1.165, 1.54) is 5.56 Å². The van der Waals surface area contributed by atoms with E-state index in [-0.39, 0.29) is 24.4 Å². The molecule has 0 bridgehead atoms. The van der Waals surface area contributed by atoms with Gasteiger partial charge in [0.1, 0.15) is 0 Å². The van der Waals surface area contributed by atoms with E-state index in [1.54, 1.807) is 18.3 Å². The highest BCUT2D eigenvalue weighted by atomic mass is 35.5. The van der Waals surface area contributed by atoms with E-state index in [4.69, 9.17) is 5.73 Å². The van der Waals surface area contributed by atoms with Gasteiger partial charge in [-0.2, -0.15) is 0 Å². The standard InChI is InChI=1S/C16H17N3O.ClH/c17-12-6-7-13(18-10-12)8-16(20)19-15-9-14(15)11-4-2-1-3-5-11;/h1-7,10,14-15H,8-9,17H2,(H,19,20);1H. The first-order valence-corrected chi connectivity index (χ1v) is 6.77. The number of benzene rings is 1. The maximum Gasteiger partial charge on any atom is 0.226 e. The molecule has 1 aromatic heterocycles. The van der Waals surface area contributed by atoms with Crippen molar-refractivity contribution in [3.05, 3.63) is 59.9 Å². The Kier molecular flexibility index (Phi) is 4.81. The van der Waals surface area contributed by atoms with Crippen molar-refractivity contribution in [2.24, 2.45) is 0 Å². The smallest absolute Gasteiger partial charge is 0.226 e. The van der Waals surface area contributed by atoms with E-state index in [0.29, 0.717) is 18.0 Å². The lowest BCUT2D eigenvalue weighted by Crippen LogP contribution is -2.28. The van der Waals surface area contributed by atoms with Crippen LogP contribution in [0.4, 0.5) is 5.69 Å². The molecule has 1 heterocycles. The highest BCUT2D eigenvalue weighted by molar-refractivity contribution is 5.85. The van der Waals surface area contributed by atoms with Gasteiger partial charge in [0, 0.05) is 17.7 Å². The molecule has 1 aliphatic carbocycles. The van der Waals surface area contributed by atoms with Crippen LogP contribution in [0.2, 0.25) is 0 Å². The second-order valence-electron chi connectivity index (χ2n) is 5.19. The highest BCUT2D eigenvalue weighted by Gasteiger charge is 2.39. The third-order valence-electron chi connectivity index (χ3n) is 3.55. The predicted molar refractivity (Wildman–Crippen MR) is 85.3 cm³/mol. The topological polar surface area (TPSA) is 68.0 Å². The number of rotatable bonds is 4. The Hall–Kier alpha value is -2.07. The minimum absolute atomic E-state index is 0.